The summed E-state index contributed by atoms with van der Waals surface area (Å²) >= 11 is 0. The van der Waals surface area contributed by atoms with Crippen molar-refractivity contribution in [2.75, 3.05) is 5.73 Å². The zero-order valence-electron chi connectivity index (χ0n) is 9.86. The van der Waals surface area contributed by atoms with Crippen molar-refractivity contribution >= 4 is 5.69 Å². The van der Waals surface area contributed by atoms with Crippen molar-refractivity contribution in [3.05, 3.63) is 42.5 Å². The Morgan fingerprint density at radius 3 is 2.31 bits per heavy atom. The lowest BCUT2D eigenvalue weighted by Crippen LogP contribution is -2.12. The van der Waals surface area contributed by atoms with Gasteiger partial charge in [0.15, 0.2) is 0 Å². The van der Waals surface area contributed by atoms with Gasteiger partial charge >= 0.3 is 0 Å². The van der Waals surface area contributed by atoms with Gasteiger partial charge in [0.05, 0.1) is 0 Å². The number of nitrogens with two attached hydrogens (primary N) is 1. The van der Waals surface area contributed by atoms with Crippen LogP contribution in [0.4, 0.5) is 5.69 Å². The number of nitrogen functional groups attached to an aromatic ring is 1. The Hall–Kier alpha value is -1.24. The van der Waals surface area contributed by atoms with E-state index in [1.165, 1.54) is 37.7 Å². The fourth-order valence-electron chi connectivity index (χ4n) is 2.74. The third-order valence-corrected chi connectivity index (χ3v) is 3.75. The van der Waals surface area contributed by atoms with Crippen LogP contribution in [0, 0.1) is 5.92 Å². The van der Waals surface area contributed by atoms with Crippen LogP contribution >= 0.6 is 0 Å². The van der Waals surface area contributed by atoms with Crippen molar-refractivity contribution in [2.24, 2.45) is 5.92 Å². The van der Waals surface area contributed by atoms with Gasteiger partial charge in [0.1, 0.15) is 0 Å². The van der Waals surface area contributed by atoms with E-state index in [-0.39, 0.29) is 0 Å². The minimum Gasteiger partial charge on any atom is -0.399 e. The molecule has 1 aromatic carbocycles. The quantitative estimate of drug-likeness (QED) is 0.595. The first kappa shape index (κ1) is 11.3. The van der Waals surface area contributed by atoms with Crippen LogP contribution in [0.2, 0.25) is 0 Å². The Balaban J connectivity index is 1.93. The lowest BCUT2D eigenvalue weighted by molar-refractivity contribution is 0.328. The molecule has 0 amide bonds. The average molecular weight is 215 g/mol. The molecule has 1 aliphatic carbocycles. The summed E-state index contributed by atoms with van der Waals surface area (Å²) < 4.78 is 0. The van der Waals surface area contributed by atoms with Crippen LogP contribution in [0.5, 0.6) is 0 Å². The smallest absolute Gasteiger partial charge is 0.0314 e. The molecule has 86 valence electrons. The summed E-state index contributed by atoms with van der Waals surface area (Å²) in [5, 5.41) is 0. The molecule has 0 spiro atoms. The van der Waals surface area contributed by atoms with Crippen molar-refractivity contribution in [2.45, 2.75) is 38.0 Å². The highest BCUT2D eigenvalue weighted by atomic mass is 14.5. The molecular weight excluding hydrogens is 194 g/mol. The molecule has 0 aliphatic heterocycles. The molecule has 2 rings (SSSR count). The first-order chi connectivity index (χ1) is 7.79. The SMILES string of the molecule is C=CCC1CCC(c2ccc(N)cc2)CC1. The Morgan fingerprint density at radius 1 is 1.12 bits per heavy atom. The van der Waals surface area contributed by atoms with Crippen molar-refractivity contribution in [3.8, 4) is 0 Å². The summed E-state index contributed by atoms with van der Waals surface area (Å²) in [4.78, 5) is 0. The fraction of sp³-hybridized carbons (Fsp3) is 0.467. The van der Waals surface area contributed by atoms with Gasteiger partial charge in [-0.1, -0.05) is 18.2 Å². The van der Waals surface area contributed by atoms with Crippen LogP contribution in [-0.2, 0) is 0 Å². The van der Waals surface area contributed by atoms with Gasteiger partial charge in [-0.15, -0.1) is 6.58 Å². The Kier molecular flexibility index (Phi) is 3.66. The second-order valence-corrected chi connectivity index (χ2v) is 4.91. The molecule has 1 fully saturated rings. The third kappa shape index (κ3) is 2.66. The van der Waals surface area contributed by atoms with E-state index in [0.29, 0.717) is 0 Å². The molecule has 16 heavy (non-hydrogen) atoms. The predicted octanol–water partition coefficient (Wildman–Crippen LogP) is 4.12. The number of hydrogen-bond donors (Lipinski definition) is 1. The zero-order valence-corrected chi connectivity index (χ0v) is 9.86. The molecule has 0 bridgehead atoms. The number of anilines is 1. The van der Waals surface area contributed by atoms with E-state index < -0.39 is 0 Å². The molecule has 1 heteroatoms. The average Bonchev–Trinajstić information content (AvgIpc) is 2.32. The molecule has 1 saturated carbocycles. The molecule has 1 nitrogen and oxygen atoms in total. The standard InChI is InChI=1S/C15H21N/c1-2-3-12-4-6-13(7-5-12)14-8-10-15(16)11-9-14/h2,8-13H,1,3-7,16H2. The first-order valence-electron chi connectivity index (χ1n) is 6.26. The van der Waals surface area contributed by atoms with Gasteiger partial charge in [0.25, 0.3) is 0 Å². The Labute approximate surface area is 98.4 Å². The predicted molar refractivity (Wildman–Crippen MR) is 70.4 cm³/mol. The molecule has 1 aromatic rings. The van der Waals surface area contributed by atoms with Gasteiger partial charge in [-0.25, -0.2) is 0 Å². The van der Waals surface area contributed by atoms with E-state index in [4.69, 9.17) is 5.73 Å². The highest BCUT2D eigenvalue weighted by Crippen LogP contribution is 2.37. The topological polar surface area (TPSA) is 26.0 Å². The van der Waals surface area contributed by atoms with Crippen LogP contribution in [0.1, 0.15) is 43.6 Å². The molecule has 0 heterocycles. The van der Waals surface area contributed by atoms with Gasteiger partial charge in [-0.3, -0.25) is 0 Å². The third-order valence-electron chi connectivity index (χ3n) is 3.75. The van der Waals surface area contributed by atoms with Crippen LogP contribution in [0.25, 0.3) is 0 Å². The van der Waals surface area contributed by atoms with Gasteiger partial charge in [-0.2, -0.15) is 0 Å². The molecule has 0 atom stereocenters. The Morgan fingerprint density at radius 2 is 1.75 bits per heavy atom. The van der Waals surface area contributed by atoms with Crippen LogP contribution in [-0.4, -0.2) is 0 Å². The molecule has 1 aliphatic rings. The van der Waals surface area contributed by atoms with Gasteiger partial charge in [0, 0.05) is 5.69 Å². The lowest BCUT2D eigenvalue weighted by atomic mass is 9.77. The minimum absolute atomic E-state index is 0.752. The monoisotopic (exact) mass is 215 g/mol. The van der Waals surface area contributed by atoms with Crippen molar-refractivity contribution < 1.29 is 0 Å². The molecule has 2 N–H and O–H groups in total. The van der Waals surface area contributed by atoms with Crippen molar-refractivity contribution in [1.82, 2.24) is 0 Å². The number of rotatable bonds is 3. The van der Waals surface area contributed by atoms with Crippen LogP contribution in [0.15, 0.2) is 36.9 Å². The van der Waals surface area contributed by atoms with E-state index in [0.717, 1.165) is 17.5 Å². The van der Waals surface area contributed by atoms with Gasteiger partial charge in [-0.05, 0) is 61.6 Å². The lowest BCUT2D eigenvalue weighted by Gasteiger charge is -2.28. The molecule has 0 saturated heterocycles. The highest BCUT2D eigenvalue weighted by molar-refractivity contribution is 5.40. The van der Waals surface area contributed by atoms with Gasteiger partial charge < -0.3 is 5.73 Å². The largest absolute Gasteiger partial charge is 0.399 e. The van der Waals surface area contributed by atoms with Crippen molar-refractivity contribution in [1.29, 1.82) is 0 Å². The maximum atomic E-state index is 5.71. The zero-order chi connectivity index (χ0) is 11.4. The molecular formula is C15H21N. The molecule has 0 radical (unpaired) electrons. The van der Waals surface area contributed by atoms with Crippen LogP contribution < -0.4 is 5.73 Å². The summed E-state index contributed by atoms with van der Waals surface area (Å²) in [6.07, 6.45) is 8.59. The Bertz CT molecular complexity index is 331. The summed E-state index contributed by atoms with van der Waals surface area (Å²) in [6.45, 7) is 3.83. The first-order valence-corrected chi connectivity index (χ1v) is 6.26. The minimum atomic E-state index is 0.752. The fourth-order valence-corrected chi connectivity index (χ4v) is 2.74. The summed E-state index contributed by atoms with van der Waals surface area (Å²) in [6, 6.07) is 8.41. The van der Waals surface area contributed by atoms with Gasteiger partial charge in [0.2, 0.25) is 0 Å². The second-order valence-electron chi connectivity index (χ2n) is 4.91. The molecule has 0 aromatic heterocycles. The van der Waals surface area contributed by atoms with E-state index in [2.05, 4.69) is 24.8 Å². The normalized spacial score (nSPS) is 25.2. The second kappa shape index (κ2) is 5.20. The number of benzene rings is 1. The van der Waals surface area contributed by atoms with Crippen molar-refractivity contribution in [3.63, 3.8) is 0 Å². The number of allylic oxidation sites excluding steroid dienone is 1. The maximum absolute atomic E-state index is 5.71. The molecule has 0 unspecified atom stereocenters. The summed E-state index contributed by atoms with van der Waals surface area (Å²) in [5.74, 6) is 1.63. The van der Waals surface area contributed by atoms with E-state index in [9.17, 15) is 0 Å². The summed E-state index contributed by atoms with van der Waals surface area (Å²) in [7, 11) is 0. The van der Waals surface area contributed by atoms with E-state index in [1.54, 1.807) is 0 Å². The number of hydrogen-bond acceptors (Lipinski definition) is 1. The van der Waals surface area contributed by atoms with E-state index in [1.807, 2.05) is 12.1 Å². The maximum Gasteiger partial charge on any atom is 0.0314 e. The highest BCUT2D eigenvalue weighted by Gasteiger charge is 2.21. The van der Waals surface area contributed by atoms with Crippen LogP contribution in [0.3, 0.4) is 0 Å². The summed E-state index contributed by atoms with van der Waals surface area (Å²) in [5.41, 5.74) is 8.04. The van der Waals surface area contributed by atoms with E-state index >= 15 is 0 Å².